The third-order valence-corrected chi connectivity index (χ3v) is 2.31. The Morgan fingerprint density at radius 3 is 2.31 bits per heavy atom. The maximum atomic E-state index is 12.8. The normalized spacial score (nSPS) is 10.2. The molecule has 1 aromatic heterocycles. The highest BCUT2D eigenvalue weighted by Crippen LogP contribution is 2.25. The maximum absolute atomic E-state index is 12.8. The lowest BCUT2D eigenvalue weighted by molar-refractivity contribution is 0.584. The first kappa shape index (κ1) is 11.2. The highest BCUT2D eigenvalue weighted by molar-refractivity contribution is 6.35. The number of benzene rings is 1. The van der Waals surface area contributed by atoms with Crippen LogP contribution in [-0.2, 0) is 0 Å². The van der Waals surface area contributed by atoms with E-state index in [2.05, 4.69) is 10.3 Å². The van der Waals surface area contributed by atoms with Crippen LogP contribution in [-0.4, -0.2) is 4.98 Å². The van der Waals surface area contributed by atoms with E-state index in [9.17, 15) is 4.39 Å². The quantitative estimate of drug-likeness (QED) is 0.812. The first-order valence-corrected chi connectivity index (χ1v) is 5.24. The van der Waals surface area contributed by atoms with Crippen molar-refractivity contribution in [3.8, 4) is 0 Å². The number of rotatable bonds is 2. The third kappa shape index (κ3) is 2.84. The summed E-state index contributed by atoms with van der Waals surface area (Å²) >= 11 is 11.7. The zero-order chi connectivity index (χ0) is 11.5. The van der Waals surface area contributed by atoms with E-state index in [4.69, 9.17) is 23.2 Å². The van der Waals surface area contributed by atoms with E-state index in [1.54, 1.807) is 24.3 Å². The van der Waals surface area contributed by atoms with Crippen LogP contribution in [0.4, 0.5) is 15.8 Å². The van der Waals surface area contributed by atoms with Gasteiger partial charge >= 0.3 is 0 Å². The van der Waals surface area contributed by atoms with Crippen molar-refractivity contribution < 1.29 is 4.39 Å². The summed E-state index contributed by atoms with van der Waals surface area (Å²) in [7, 11) is 0. The van der Waals surface area contributed by atoms with Gasteiger partial charge in [-0.3, -0.25) is 0 Å². The van der Waals surface area contributed by atoms with E-state index < -0.39 is 5.95 Å². The van der Waals surface area contributed by atoms with Crippen molar-refractivity contribution in [3.05, 3.63) is 52.5 Å². The van der Waals surface area contributed by atoms with Crippen LogP contribution in [0.25, 0.3) is 0 Å². The second kappa shape index (κ2) is 4.68. The second-order valence-electron chi connectivity index (χ2n) is 3.15. The molecular weight excluding hydrogens is 250 g/mol. The minimum Gasteiger partial charge on any atom is -0.355 e. The van der Waals surface area contributed by atoms with Crippen LogP contribution in [0, 0.1) is 5.95 Å². The van der Waals surface area contributed by atoms with Crippen molar-refractivity contribution in [2.45, 2.75) is 0 Å². The summed E-state index contributed by atoms with van der Waals surface area (Å²) in [6, 6.07) is 7.96. The smallest absolute Gasteiger partial charge is 0.214 e. The largest absolute Gasteiger partial charge is 0.355 e. The molecule has 0 atom stereocenters. The predicted octanol–water partition coefficient (Wildman–Crippen LogP) is 4.27. The zero-order valence-electron chi connectivity index (χ0n) is 8.05. The summed E-state index contributed by atoms with van der Waals surface area (Å²) in [6.45, 7) is 0. The van der Waals surface area contributed by atoms with Gasteiger partial charge in [0.2, 0.25) is 5.95 Å². The minimum atomic E-state index is -0.543. The lowest BCUT2D eigenvalue weighted by atomic mass is 10.3. The molecule has 0 saturated carbocycles. The molecule has 1 N–H and O–H groups in total. The zero-order valence-corrected chi connectivity index (χ0v) is 9.56. The van der Waals surface area contributed by atoms with Crippen LogP contribution in [0.5, 0.6) is 0 Å². The van der Waals surface area contributed by atoms with E-state index in [-0.39, 0.29) is 0 Å². The fourth-order valence-corrected chi connectivity index (χ4v) is 1.80. The van der Waals surface area contributed by atoms with Gasteiger partial charge in [-0.2, -0.15) is 4.39 Å². The molecular formula is C11H7Cl2FN2. The van der Waals surface area contributed by atoms with E-state index in [1.807, 2.05) is 0 Å². The van der Waals surface area contributed by atoms with E-state index in [1.165, 1.54) is 12.3 Å². The van der Waals surface area contributed by atoms with E-state index >= 15 is 0 Å². The van der Waals surface area contributed by atoms with Gasteiger partial charge in [-0.05, 0) is 24.3 Å². The van der Waals surface area contributed by atoms with Gasteiger partial charge < -0.3 is 5.32 Å². The molecule has 0 fully saturated rings. The van der Waals surface area contributed by atoms with Gasteiger partial charge in [-0.1, -0.05) is 23.2 Å². The van der Waals surface area contributed by atoms with Gasteiger partial charge in [0.05, 0.1) is 0 Å². The monoisotopic (exact) mass is 256 g/mol. The number of pyridine rings is 1. The fraction of sp³-hybridized carbons (Fsp3) is 0. The first-order chi connectivity index (χ1) is 7.63. The van der Waals surface area contributed by atoms with E-state index in [0.717, 1.165) is 0 Å². The summed E-state index contributed by atoms with van der Waals surface area (Å²) in [4.78, 5) is 3.46. The van der Waals surface area contributed by atoms with Crippen LogP contribution in [0.1, 0.15) is 0 Å². The number of hydrogen-bond donors (Lipinski definition) is 1. The van der Waals surface area contributed by atoms with Crippen LogP contribution in [0.3, 0.4) is 0 Å². The molecule has 0 bridgehead atoms. The molecule has 2 rings (SSSR count). The lowest BCUT2D eigenvalue weighted by Crippen LogP contribution is -1.92. The molecule has 82 valence electrons. The highest BCUT2D eigenvalue weighted by atomic mass is 35.5. The average Bonchev–Trinajstić information content (AvgIpc) is 2.15. The Morgan fingerprint density at radius 2 is 1.69 bits per heavy atom. The molecule has 1 aromatic carbocycles. The summed E-state index contributed by atoms with van der Waals surface area (Å²) < 4.78 is 12.8. The van der Waals surface area contributed by atoms with Crippen LogP contribution >= 0.6 is 23.2 Å². The fourth-order valence-electron chi connectivity index (χ4n) is 1.27. The molecule has 0 aliphatic rings. The summed E-state index contributed by atoms with van der Waals surface area (Å²) in [5.41, 5.74) is 1.29. The number of nitrogens with one attached hydrogen (secondary N) is 1. The van der Waals surface area contributed by atoms with Gasteiger partial charge in [0.1, 0.15) is 0 Å². The van der Waals surface area contributed by atoms with Gasteiger partial charge in [-0.25, -0.2) is 4.98 Å². The van der Waals surface area contributed by atoms with Crippen molar-refractivity contribution in [1.29, 1.82) is 0 Å². The van der Waals surface area contributed by atoms with Crippen molar-refractivity contribution >= 4 is 34.6 Å². The van der Waals surface area contributed by atoms with E-state index in [0.29, 0.717) is 21.4 Å². The van der Waals surface area contributed by atoms with Gasteiger partial charge in [0.15, 0.2) is 0 Å². The lowest BCUT2D eigenvalue weighted by Gasteiger charge is -2.07. The van der Waals surface area contributed by atoms with Gasteiger partial charge in [0.25, 0.3) is 0 Å². The standard InChI is InChI=1S/C11H7Cl2FN2/c12-7-3-8(13)5-10(4-7)16-9-1-2-15-11(14)6-9/h1-6H,(H,15,16). The Hall–Kier alpha value is -1.32. The molecule has 0 spiro atoms. The predicted molar refractivity (Wildman–Crippen MR) is 63.9 cm³/mol. The van der Waals surface area contributed by atoms with Crippen molar-refractivity contribution in [3.63, 3.8) is 0 Å². The van der Waals surface area contributed by atoms with Crippen LogP contribution < -0.4 is 5.32 Å². The SMILES string of the molecule is Fc1cc(Nc2cc(Cl)cc(Cl)c2)ccn1. The summed E-state index contributed by atoms with van der Waals surface area (Å²) in [6.07, 6.45) is 1.38. The Bertz CT molecular complexity index is 497. The molecule has 0 saturated heterocycles. The second-order valence-corrected chi connectivity index (χ2v) is 4.02. The molecule has 0 aliphatic carbocycles. The number of aromatic nitrogens is 1. The first-order valence-electron chi connectivity index (χ1n) is 4.48. The van der Waals surface area contributed by atoms with Crippen LogP contribution in [0.2, 0.25) is 10.0 Å². The highest BCUT2D eigenvalue weighted by Gasteiger charge is 2.00. The molecule has 2 nitrogen and oxygen atoms in total. The molecule has 0 aliphatic heterocycles. The molecule has 0 unspecified atom stereocenters. The Labute approximate surface area is 102 Å². The number of nitrogens with zero attached hydrogens (tertiary/aromatic N) is 1. The Kier molecular flexibility index (Phi) is 3.27. The minimum absolute atomic E-state index is 0.518. The molecule has 1 heterocycles. The third-order valence-electron chi connectivity index (χ3n) is 1.88. The number of anilines is 2. The average molecular weight is 257 g/mol. The maximum Gasteiger partial charge on any atom is 0.214 e. The molecule has 0 radical (unpaired) electrons. The summed E-state index contributed by atoms with van der Waals surface area (Å²) in [5, 5.41) is 4.01. The molecule has 2 aromatic rings. The summed E-state index contributed by atoms with van der Waals surface area (Å²) in [5.74, 6) is -0.543. The van der Waals surface area contributed by atoms with Crippen molar-refractivity contribution in [2.75, 3.05) is 5.32 Å². The Balaban J connectivity index is 2.27. The molecule has 5 heteroatoms. The van der Waals surface area contributed by atoms with Gasteiger partial charge in [0, 0.05) is 33.7 Å². The van der Waals surface area contributed by atoms with Crippen molar-refractivity contribution in [1.82, 2.24) is 4.98 Å². The Morgan fingerprint density at radius 1 is 1.00 bits per heavy atom. The van der Waals surface area contributed by atoms with Gasteiger partial charge in [-0.15, -0.1) is 0 Å². The molecule has 0 amide bonds. The number of halogens is 3. The topological polar surface area (TPSA) is 24.9 Å². The van der Waals surface area contributed by atoms with Crippen LogP contribution in [0.15, 0.2) is 36.5 Å². The van der Waals surface area contributed by atoms with Crippen molar-refractivity contribution in [2.24, 2.45) is 0 Å². The molecule has 16 heavy (non-hydrogen) atoms. The number of hydrogen-bond acceptors (Lipinski definition) is 2.